The van der Waals surface area contributed by atoms with Crippen molar-refractivity contribution in [3.8, 4) is 0 Å². The fraction of sp³-hybridized carbons (Fsp3) is 0.235. The Morgan fingerprint density at radius 1 is 1.05 bits per heavy atom. The second-order valence-electron chi connectivity index (χ2n) is 5.21. The first kappa shape index (κ1) is 14.0. The highest BCUT2D eigenvalue weighted by molar-refractivity contribution is 6.30. The Morgan fingerprint density at radius 2 is 1.76 bits per heavy atom. The molecule has 1 amide bonds. The van der Waals surface area contributed by atoms with Crippen LogP contribution in [0.5, 0.6) is 0 Å². The summed E-state index contributed by atoms with van der Waals surface area (Å²) in [6.07, 6.45) is 2.47. The molecule has 0 spiro atoms. The summed E-state index contributed by atoms with van der Waals surface area (Å²) in [5, 5.41) is 3.56. The zero-order chi connectivity index (χ0) is 14.7. The summed E-state index contributed by atoms with van der Waals surface area (Å²) in [4.78, 5) is 14.5. The van der Waals surface area contributed by atoms with E-state index in [4.69, 9.17) is 11.6 Å². The summed E-state index contributed by atoms with van der Waals surface area (Å²) in [5.74, 6) is -0.120. The fourth-order valence-electron chi connectivity index (χ4n) is 2.56. The van der Waals surface area contributed by atoms with Crippen LogP contribution in [0.25, 0.3) is 0 Å². The average Bonchev–Trinajstić information content (AvgIpc) is 3.02. The van der Waals surface area contributed by atoms with Gasteiger partial charge in [-0.2, -0.15) is 0 Å². The molecule has 1 fully saturated rings. The third-order valence-corrected chi connectivity index (χ3v) is 3.93. The van der Waals surface area contributed by atoms with Gasteiger partial charge in [-0.25, -0.2) is 0 Å². The van der Waals surface area contributed by atoms with Crippen molar-refractivity contribution in [2.24, 2.45) is 0 Å². The minimum atomic E-state index is -0.120. The van der Waals surface area contributed by atoms with E-state index in [1.807, 2.05) is 18.2 Å². The molecule has 108 valence electrons. The molecule has 2 aromatic carbocycles. The van der Waals surface area contributed by atoms with Crippen LogP contribution in [0.3, 0.4) is 0 Å². The quantitative estimate of drug-likeness (QED) is 0.921. The monoisotopic (exact) mass is 300 g/mol. The van der Waals surface area contributed by atoms with Crippen LogP contribution in [0.15, 0.2) is 48.5 Å². The number of nitrogens with zero attached hydrogens (tertiary/aromatic N) is 1. The summed E-state index contributed by atoms with van der Waals surface area (Å²) in [7, 11) is 0. The van der Waals surface area contributed by atoms with Crippen molar-refractivity contribution >= 4 is 28.9 Å². The molecule has 1 saturated heterocycles. The van der Waals surface area contributed by atoms with Crippen molar-refractivity contribution in [3.63, 3.8) is 0 Å². The van der Waals surface area contributed by atoms with Gasteiger partial charge in [0.2, 0.25) is 0 Å². The molecule has 1 heterocycles. The first-order valence-electron chi connectivity index (χ1n) is 7.14. The lowest BCUT2D eigenvalue weighted by atomic mass is 10.2. The van der Waals surface area contributed by atoms with Gasteiger partial charge in [0.25, 0.3) is 5.91 Å². The van der Waals surface area contributed by atoms with E-state index in [9.17, 15) is 4.79 Å². The highest BCUT2D eigenvalue weighted by Crippen LogP contribution is 2.23. The van der Waals surface area contributed by atoms with Gasteiger partial charge < -0.3 is 10.2 Å². The highest BCUT2D eigenvalue weighted by Gasteiger charge is 2.13. The van der Waals surface area contributed by atoms with Crippen LogP contribution in [0.2, 0.25) is 5.02 Å². The molecule has 0 bridgehead atoms. The van der Waals surface area contributed by atoms with E-state index < -0.39 is 0 Å². The van der Waals surface area contributed by atoms with Crippen molar-refractivity contribution < 1.29 is 4.79 Å². The van der Waals surface area contributed by atoms with Crippen molar-refractivity contribution in [2.75, 3.05) is 23.3 Å². The third-order valence-electron chi connectivity index (χ3n) is 3.68. The van der Waals surface area contributed by atoms with Crippen LogP contribution in [-0.2, 0) is 0 Å². The van der Waals surface area contributed by atoms with E-state index in [0.29, 0.717) is 10.6 Å². The predicted molar refractivity (Wildman–Crippen MR) is 87.3 cm³/mol. The Kier molecular flexibility index (Phi) is 4.11. The molecule has 0 aromatic heterocycles. The van der Waals surface area contributed by atoms with Crippen molar-refractivity contribution in [1.29, 1.82) is 0 Å². The van der Waals surface area contributed by atoms with Gasteiger partial charge in [0.15, 0.2) is 0 Å². The zero-order valence-corrected chi connectivity index (χ0v) is 12.4. The van der Waals surface area contributed by atoms with Gasteiger partial charge in [-0.1, -0.05) is 17.7 Å². The fourth-order valence-corrected chi connectivity index (χ4v) is 2.69. The molecular weight excluding hydrogens is 284 g/mol. The Hall–Kier alpha value is -2.00. The first-order chi connectivity index (χ1) is 10.2. The maximum atomic E-state index is 12.2. The summed E-state index contributed by atoms with van der Waals surface area (Å²) in [6.45, 7) is 2.18. The molecule has 1 N–H and O–H groups in total. The third kappa shape index (κ3) is 3.37. The summed E-state index contributed by atoms with van der Waals surface area (Å²) >= 11 is 5.83. The van der Waals surface area contributed by atoms with Gasteiger partial charge in [0.1, 0.15) is 0 Å². The molecule has 3 rings (SSSR count). The molecule has 3 nitrogen and oxygen atoms in total. The summed E-state index contributed by atoms with van der Waals surface area (Å²) in [6, 6.07) is 14.9. The molecular formula is C17H17ClN2O. The second-order valence-corrected chi connectivity index (χ2v) is 5.64. The van der Waals surface area contributed by atoms with Gasteiger partial charge in [0.05, 0.1) is 0 Å². The van der Waals surface area contributed by atoms with E-state index in [2.05, 4.69) is 16.3 Å². The van der Waals surface area contributed by atoms with Crippen molar-refractivity contribution in [3.05, 3.63) is 59.1 Å². The molecule has 2 aromatic rings. The minimum Gasteiger partial charge on any atom is -0.371 e. The van der Waals surface area contributed by atoms with Crippen molar-refractivity contribution in [2.45, 2.75) is 12.8 Å². The highest BCUT2D eigenvalue weighted by atomic mass is 35.5. The largest absolute Gasteiger partial charge is 0.371 e. The minimum absolute atomic E-state index is 0.120. The standard InChI is InChI=1S/C17H17ClN2O/c18-14-8-6-13(7-9-14)17(21)19-15-4-3-5-16(12-15)20-10-1-2-11-20/h3-9,12H,1-2,10-11H2,(H,19,21). The molecule has 4 heteroatoms. The Labute approximate surface area is 129 Å². The SMILES string of the molecule is O=C(Nc1cccc(N2CCCC2)c1)c1ccc(Cl)cc1. The number of anilines is 2. The Morgan fingerprint density at radius 3 is 2.48 bits per heavy atom. The molecule has 0 atom stereocenters. The number of rotatable bonds is 3. The molecule has 0 aliphatic carbocycles. The van der Waals surface area contributed by atoms with E-state index in [1.165, 1.54) is 18.5 Å². The van der Waals surface area contributed by atoms with Gasteiger partial charge in [-0.3, -0.25) is 4.79 Å². The predicted octanol–water partition coefficient (Wildman–Crippen LogP) is 4.19. The van der Waals surface area contributed by atoms with Crippen LogP contribution >= 0.6 is 11.6 Å². The lowest BCUT2D eigenvalue weighted by Crippen LogP contribution is -2.18. The van der Waals surface area contributed by atoms with Gasteiger partial charge in [-0.15, -0.1) is 0 Å². The first-order valence-corrected chi connectivity index (χ1v) is 7.52. The number of carbonyl (C=O) groups excluding carboxylic acids is 1. The number of halogens is 1. The normalized spacial score (nSPS) is 14.2. The summed E-state index contributed by atoms with van der Waals surface area (Å²) in [5.41, 5.74) is 2.59. The number of nitrogens with one attached hydrogen (secondary N) is 1. The van der Waals surface area contributed by atoms with Crippen LogP contribution in [0, 0.1) is 0 Å². The van der Waals surface area contributed by atoms with E-state index in [-0.39, 0.29) is 5.91 Å². The topological polar surface area (TPSA) is 32.3 Å². The maximum absolute atomic E-state index is 12.2. The smallest absolute Gasteiger partial charge is 0.255 e. The number of hydrogen-bond donors (Lipinski definition) is 1. The molecule has 1 aliphatic rings. The second kappa shape index (κ2) is 6.19. The number of amides is 1. The van der Waals surface area contributed by atoms with Crippen LogP contribution < -0.4 is 10.2 Å². The Balaban J connectivity index is 1.73. The van der Waals surface area contributed by atoms with Crippen LogP contribution in [0.4, 0.5) is 11.4 Å². The molecule has 0 radical (unpaired) electrons. The van der Waals surface area contributed by atoms with Crippen LogP contribution in [0.1, 0.15) is 23.2 Å². The lowest BCUT2D eigenvalue weighted by Gasteiger charge is -2.18. The molecule has 0 saturated carbocycles. The summed E-state index contributed by atoms with van der Waals surface area (Å²) < 4.78 is 0. The van der Waals surface area contributed by atoms with E-state index in [0.717, 1.165) is 18.8 Å². The van der Waals surface area contributed by atoms with E-state index >= 15 is 0 Å². The number of benzene rings is 2. The maximum Gasteiger partial charge on any atom is 0.255 e. The number of hydrogen-bond acceptors (Lipinski definition) is 2. The van der Waals surface area contributed by atoms with Gasteiger partial charge in [-0.05, 0) is 55.3 Å². The van der Waals surface area contributed by atoms with Crippen LogP contribution in [-0.4, -0.2) is 19.0 Å². The van der Waals surface area contributed by atoms with Gasteiger partial charge in [0, 0.05) is 35.1 Å². The number of carbonyl (C=O) groups is 1. The lowest BCUT2D eigenvalue weighted by molar-refractivity contribution is 0.102. The zero-order valence-electron chi connectivity index (χ0n) is 11.7. The molecule has 21 heavy (non-hydrogen) atoms. The molecule has 1 aliphatic heterocycles. The van der Waals surface area contributed by atoms with Gasteiger partial charge >= 0.3 is 0 Å². The van der Waals surface area contributed by atoms with E-state index in [1.54, 1.807) is 24.3 Å². The molecule has 0 unspecified atom stereocenters. The van der Waals surface area contributed by atoms with Crippen molar-refractivity contribution in [1.82, 2.24) is 0 Å². The Bertz CT molecular complexity index is 633. The average molecular weight is 301 g/mol.